The van der Waals surface area contributed by atoms with Crippen molar-refractivity contribution in [2.45, 2.75) is 32.4 Å². The number of aromatic nitrogens is 6. The van der Waals surface area contributed by atoms with Gasteiger partial charge in [-0.05, 0) is 17.5 Å². The Morgan fingerprint density at radius 2 is 1.74 bits per heavy atom. The van der Waals surface area contributed by atoms with Crippen LogP contribution in [0, 0.1) is 6.07 Å². The van der Waals surface area contributed by atoms with Crippen molar-refractivity contribution in [3.05, 3.63) is 72.3 Å². The molecule has 7 nitrogen and oxygen atoms in total. The van der Waals surface area contributed by atoms with E-state index >= 15 is 0 Å². The smallest absolute Gasteiger partial charge is 0.573 e. The Hall–Kier alpha value is -3.13. The third kappa shape index (κ3) is 7.18. The Morgan fingerprint density at radius 3 is 2.21 bits per heavy atom. The monoisotopic (exact) mass is 649 g/mol. The summed E-state index contributed by atoms with van der Waals surface area (Å²) in [7, 11) is 1.58. The number of rotatable bonds is 3. The third-order valence-electron chi connectivity index (χ3n) is 4.46. The topological polar surface area (TPSA) is 87.8 Å². The molecule has 0 saturated heterocycles. The predicted octanol–water partition coefficient (Wildman–Crippen LogP) is 4.76. The van der Waals surface area contributed by atoms with E-state index < -0.39 is 11.9 Å². The van der Waals surface area contributed by atoms with Gasteiger partial charge in [0.2, 0.25) is 5.88 Å². The van der Waals surface area contributed by atoms with E-state index in [1.807, 2.05) is 18.2 Å². The molecule has 34 heavy (non-hydrogen) atoms. The zero-order valence-corrected chi connectivity index (χ0v) is 21.0. The van der Waals surface area contributed by atoms with Gasteiger partial charge in [0.1, 0.15) is 5.69 Å². The van der Waals surface area contributed by atoms with Crippen LogP contribution in [0.4, 0.5) is 13.2 Å². The number of halogens is 3. The molecule has 0 atom stereocenters. The van der Waals surface area contributed by atoms with Gasteiger partial charge >= 0.3 is 27.2 Å². The average Bonchev–Trinajstić information content (AvgIpc) is 3.31. The first kappa shape index (κ1) is 27.1. The van der Waals surface area contributed by atoms with Crippen LogP contribution in [0.25, 0.3) is 22.6 Å². The fourth-order valence-electron chi connectivity index (χ4n) is 2.61. The Labute approximate surface area is 209 Å². The van der Waals surface area contributed by atoms with Gasteiger partial charge in [0.25, 0.3) is 0 Å². The van der Waals surface area contributed by atoms with Gasteiger partial charge in [-0.15, -0.1) is 40.5 Å². The van der Waals surface area contributed by atoms with Crippen molar-refractivity contribution >= 4 is 0 Å². The minimum absolute atomic E-state index is 0. The van der Waals surface area contributed by atoms with Gasteiger partial charge in [0, 0.05) is 18.1 Å². The van der Waals surface area contributed by atoms with Crippen LogP contribution in [-0.4, -0.2) is 32.4 Å². The second kappa shape index (κ2) is 11.3. The van der Waals surface area contributed by atoms with Crippen molar-refractivity contribution in [3.8, 4) is 28.5 Å². The summed E-state index contributed by atoms with van der Waals surface area (Å²) in [5.74, 6) is 0.519. The third-order valence-corrected chi connectivity index (χ3v) is 4.46. The number of hydrogen-bond acceptors (Lipinski definition) is 6. The van der Waals surface area contributed by atoms with E-state index in [1.54, 1.807) is 13.2 Å². The summed E-state index contributed by atoms with van der Waals surface area (Å²) in [6, 6.07) is 13.9. The van der Waals surface area contributed by atoms with E-state index in [0.29, 0.717) is 5.88 Å². The molecule has 3 aromatic heterocycles. The van der Waals surface area contributed by atoms with Gasteiger partial charge in [-0.3, -0.25) is 9.97 Å². The van der Waals surface area contributed by atoms with Crippen molar-refractivity contribution in [3.63, 3.8) is 0 Å². The molecular weight excluding hydrogens is 628 g/mol. The largest absolute Gasteiger partial charge is 2.00 e. The van der Waals surface area contributed by atoms with E-state index in [2.05, 4.69) is 63.3 Å². The normalized spacial score (nSPS) is 11.1. The molecule has 0 bridgehead atoms. The van der Waals surface area contributed by atoms with E-state index in [1.165, 1.54) is 24.2 Å². The maximum Gasteiger partial charge on any atom is 2.00 e. The summed E-state index contributed by atoms with van der Waals surface area (Å²) in [4.78, 5) is 7.53. The Balaban J connectivity index is 0.000000237. The number of benzene rings is 1. The molecule has 4 aromatic rings. The molecule has 0 N–H and O–H groups in total. The van der Waals surface area contributed by atoms with Gasteiger partial charge in [-0.25, -0.2) is 0 Å². The molecule has 0 spiro atoms. The maximum atomic E-state index is 12.2. The molecule has 0 saturated carbocycles. The summed E-state index contributed by atoms with van der Waals surface area (Å²) in [5.41, 5.74) is 2.45. The molecule has 0 unspecified atom stereocenters. The first-order valence-corrected chi connectivity index (χ1v) is 9.82. The molecule has 0 fully saturated rings. The fraction of sp³-hybridized carbons (Fsp3) is 0.261. The zero-order chi connectivity index (χ0) is 24.1. The van der Waals surface area contributed by atoms with Gasteiger partial charge < -0.3 is 14.9 Å². The second-order valence-corrected chi connectivity index (χ2v) is 7.91. The van der Waals surface area contributed by atoms with Crippen LogP contribution in [0.15, 0.2) is 55.0 Å². The Kier molecular flexibility index (Phi) is 9.04. The van der Waals surface area contributed by atoms with Crippen LogP contribution in [0.2, 0.25) is 0 Å². The standard InChI is InChI=1S/C15H17N2O.C8H4F3N4.Pt/c1-15(2,3)12-7-5-11(6-8-12)13-9-10-14(18-4)17-16-13;9-8(10,11)7-3-5(14-15-7)6-4-12-1-2-13-6;/h5,7-10H,1-4H3;1-4H;/q2*-1;+2. The summed E-state index contributed by atoms with van der Waals surface area (Å²) < 4.78 is 41.5. The molecule has 3 heterocycles. The first-order chi connectivity index (χ1) is 15.6. The van der Waals surface area contributed by atoms with Crippen molar-refractivity contribution in [1.29, 1.82) is 0 Å². The number of methoxy groups -OCH3 is 1. The van der Waals surface area contributed by atoms with E-state index in [4.69, 9.17) is 4.74 Å². The van der Waals surface area contributed by atoms with Crippen LogP contribution in [-0.2, 0) is 32.7 Å². The molecule has 0 aliphatic heterocycles. The zero-order valence-electron chi connectivity index (χ0n) is 18.7. The predicted molar refractivity (Wildman–Crippen MR) is 115 cm³/mol. The van der Waals surface area contributed by atoms with Crippen molar-refractivity contribution in [2.24, 2.45) is 0 Å². The van der Waals surface area contributed by atoms with Crippen LogP contribution in [0.3, 0.4) is 0 Å². The molecule has 11 heteroatoms. The fourth-order valence-corrected chi connectivity index (χ4v) is 2.61. The average molecular weight is 650 g/mol. The van der Waals surface area contributed by atoms with Crippen LogP contribution < -0.4 is 9.84 Å². The Morgan fingerprint density at radius 1 is 0.971 bits per heavy atom. The quantitative estimate of drug-likeness (QED) is 0.296. The van der Waals surface area contributed by atoms with E-state index in [0.717, 1.165) is 17.3 Å². The van der Waals surface area contributed by atoms with Gasteiger partial charge in [-0.2, -0.15) is 18.3 Å². The molecule has 0 aliphatic carbocycles. The van der Waals surface area contributed by atoms with E-state index in [-0.39, 0.29) is 37.9 Å². The minimum Gasteiger partial charge on any atom is -0.573 e. The van der Waals surface area contributed by atoms with Crippen LogP contribution >= 0.6 is 0 Å². The minimum atomic E-state index is -4.48. The second-order valence-electron chi connectivity index (χ2n) is 7.91. The molecule has 0 radical (unpaired) electrons. The summed E-state index contributed by atoms with van der Waals surface area (Å²) in [5, 5.41) is 14.5. The maximum absolute atomic E-state index is 12.2. The summed E-state index contributed by atoms with van der Waals surface area (Å²) in [6.07, 6.45) is -0.362. The van der Waals surface area contributed by atoms with Gasteiger partial charge in [-0.1, -0.05) is 32.5 Å². The van der Waals surface area contributed by atoms with Gasteiger partial charge in [0.05, 0.1) is 19.0 Å². The summed E-state index contributed by atoms with van der Waals surface area (Å²) in [6.45, 7) is 6.55. The summed E-state index contributed by atoms with van der Waals surface area (Å²) >= 11 is 0. The van der Waals surface area contributed by atoms with E-state index in [9.17, 15) is 13.2 Å². The molecule has 4 rings (SSSR count). The molecule has 180 valence electrons. The van der Waals surface area contributed by atoms with Crippen LogP contribution in [0.1, 0.15) is 32.0 Å². The number of alkyl halides is 3. The molecule has 0 aliphatic rings. The van der Waals surface area contributed by atoms with Crippen molar-refractivity contribution in [2.75, 3.05) is 7.11 Å². The molecule has 0 amide bonds. The van der Waals surface area contributed by atoms with Gasteiger partial charge in [0.15, 0.2) is 0 Å². The Bertz CT molecular complexity index is 1160. The molecular formula is C23H21F3N6OPt. The van der Waals surface area contributed by atoms with Crippen molar-refractivity contribution in [1.82, 2.24) is 30.4 Å². The first-order valence-electron chi connectivity index (χ1n) is 9.82. The van der Waals surface area contributed by atoms with Crippen LogP contribution in [0.5, 0.6) is 5.88 Å². The number of nitrogens with zero attached hydrogens (tertiary/aromatic N) is 6. The molecule has 1 aromatic carbocycles. The van der Waals surface area contributed by atoms with Crippen molar-refractivity contribution < 1.29 is 39.0 Å². The number of hydrogen-bond donors (Lipinski definition) is 0. The SMILES string of the molecule is COc1ccc(-c2[c-]cc(C(C)(C)C)cc2)nn1.FC(F)(F)c1cc(-c2cnccn2)[n-]n1.[Pt+2]. The number of ether oxygens (including phenoxy) is 1.